The molecule has 0 atom stereocenters. The number of anilines is 2. The van der Waals surface area contributed by atoms with Gasteiger partial charge in [-0.1, -0.05) is 13.8 Å². The van der Waals surface area contributed by atoms with Crippen LogP contribution in [-0.4, -0.2) is 58.0 Å². The predicted molar refractivity (Wildman–Crippen MR) is 115 cm³/mol. The molecule has 2 amide bonds. The highest BCUT2D eigenvalue weighted by atomic mass is 16.3. The third-order valence-corrected chi connectivity index (χ3v) is 4.62. The van der Waals surface area contributed by atoms with E-state index < -0.39 is 0 Å². The molecule has 7 nitrogen and oxygen atoms in total. The summed E-state index contributed by atoms with van der Waals surface area (Å²) < 4.78 is 5.34. The summed E-state index contributed by atoms with van der Waals surface area (Å²) >= 11 is 0. The lowest BCUT2D eigenvalue weighted by Gasteiger charge is -2.26. The first-order valence-electron chi connectivity index (χ1n) is 9.92. The Morgan fingerprint density at radius 3 is 2.45 bits per heavy atom. The van der Waals surface area contributed by atoms with Gasteiger partial charge in [0.25, 0.3) is 5.91 Å². The molecule has 0 radical (unpaired) electrons. The second-order valence-corrected chi connectivity index (χ2v) is 8.04. The third-order valence-electron chi connectivity index (χ3n) is 4.62. The van der Waals surface area contributed by atoms with E-state index in [1.54, 1.807) is 17.0 Å². The van der Waals surface area contributed by atoms with Crippen LogP contribution in [0.4, 0.5) is 11.4 Å². The normalized spacial score (nSPS) is 11.0. The SMILES string of the molecule is CC(C)C(=O)Nc1ccc(N(C)C)c(CN(CC[NH+](C)C)C(=O)c2ccco2)c1. The smallest absolute Gasteiger partial charge is 0.290 e. The molecule has 0 spiro atoms. The maximum Gasteiger partial charge on any atom is 0.290 e. The van der Waals surface area contributed by atoms with Crippen molar-refractivity contribution in [1.82, 2.24) is 4.90 Å². The van der Waals surface area contributed by atoms with Crippen LogP contribution >= 0.6 is 0 Å². The highest BCUT2D eigenvalue weighted by Gasteiger charge is 2.21. The van der Waals surface area contributed by atoms with Gasteiger partial charge in [0, 0.05) is 37.9 Å². The van der Waals surface area contributed by atoms with Crippen LogP contribution in [0.5, 0.6) is 0 Å². The first-order valence-corrected chi connectivity index (χ1v) is 9.92. The minimum absolute atomic E-state index is 0.0340. The second kappa shape index (κ2) is 10.1. The number of nitrogens with one attached hydrogen (secondary N) is 2. The molecule has 1 aromatic heterocycles. The van der Waals surface area contributed by atoms with Crippen LogP contribution in [0.25, 0.3) is 0 Å². The van der Waals surface area contributed by atoms with Crippen molar-refractivity contribution in [2.45, 2.75) is 20.4 Å². The summed E-state index contributed by atoms with van der Waals surface area (Å²) in [7, 11) is 8.05. The van der Waals surface area contributed by atoms with Crippen molar-refractivity contribution in [3.8, 4) is 0 Å². The molecule has 0 saturated carbocycles. The lowest BCUT2D eigenvalue weighted by Crippen LogP contribution is -3.06. The monoisotopic (exact) mass is 401 g/mol. The van der Waals surface area contributed by atoms with Gasteiger partial charge in [0.2, 0.25) is 5.91 Å². The molecule has 1 heterocycles. The number of furan rings is 1. The van der Waals surface area contributed by atoms with Gasteiger partial charge in [0.15, 0.2) is 5.76 Å². The summed E-state index contributed by atoms with van der Waals surface area (Å²) in [4.78, 5) is 30.2. The Morgan fingerprint density at radius 1 is 1.17 bits per heavy atom. The van der Waals surface area contributed by atoms with E-state index in [0.29, 0.717) is 18.8 Å². The highest BCUT2D eigenvalue weighted by Crippen LogP contribution is 2.25. The molecule has 29 heavy (non-hydrogen) atoms. The third kappa shape index (κ3) is 6.35. The first-order chi connectivity index (χ1) is 13.7. The first kappa shape index (κ1) is 22.5. The number of hydrogen-bond acceptors (Lipinski definition) is 4. The maximum atomic E-state index is 13.0. The van der Waals surface area contributed by atoms with Crippen molar-refractivity contribution in [3.05, 3.63) is 47.9 Å². The van der Waals surface area contributed by atoms with Crippen molar-refractivity contribution >= 4 is 23.2 Å². The van der Waals surface area contributed by atoms with Crippen molar-refractivity contribution in [1.29, 1.82) is 0 Å². The summed E-state index contributed by atoms with van der Waals surface area (Å²) in [5.41, 5.74) is 2.69. The van der Waals surface area contributed by atoms with Gasteiger partial charge >= 0.3 is 0 Å². The summed E-state index contributed by atoms with van der Waals surface area (Å²) in [6.45, 7) is 5.55. The number of carbonyl (C=O) groups is 2. The molecular formula is C22H33N4O3+. The van der Waals surface area contributed by atoms with Crippen LogP contribution in [0, 0.1) is 5.92 Å². The van der Waals surface area contributed by atoms with Crippen molar-refractivity contribution in [2.24, 2.45) is 5.92 Å². The van der Waals surface area contributed by atoms with E-state index in [2.05, 4.69) is 19.4 Å². The Morgan fingerprint density at radius 2 is 1.90 bits per heavy atom. The van der Waals surface area contributed by atoms with Crippen molar-refractivity contribution in [2.75, 3.05) is 51.5 Å². The molecule has 0 unspecified atom stereocenters. The number of amides is 2. The van der Waals surface area contributed by atoms with E-state index in [-0.39, 0.29) is 17.7 Å². The van der Waals surface area contributed by atoms with Crippen LogP contribution < -0.4 is 15.1 Å². The van der Waals surface area contributed by atoms with Crippen LogP contribution in [0.2, 0.25) is 0 Å². The number of likely N-dealkylation sites (N-methyl/N-ethyl adjacent to an activating group) is 1. The van der Waals surface area contributed by atoms with E-state index in [0.717, 1.165) is 23.5 Å². The van der Waals surface area contributed by atoms with Crippen LogP contribution in [-0.2, 0) is 11.3 Å². The van der Waals surface area contributed by atoms with E-state index >= 15 is 0 Å². The van der Waals surface area contributed by atoms with Gasteiger partial charge in [-0.3, -0.25) is 9.59 Å². The molecule has 158 valence electrons. The zero-order valence-electron chi connectivity index (χ0n) is 18.3. The van der Waals surface area contributed by atoms with E-state index in [9.17, 15) is 9.59 Å². The Hall–Kier alpha value is -2.80. The molecule has 2 rings (SSSR count). The Labute approximate surface area is 173 Å². The minimum Gasteiger partial charge on any atom is -0.459 e. The quantitative estimate of drug-likeness (QED) is 0.671. The Balaban J connectivity index is 2.33. The molecule has 0 fully saturated rings. The molecule has 0 aliphatic heterocycles. The fraction of sp³-hybridized carbons (Fsp3) is 0.455. The van der Waals surface area contributed by atoms with Gasteiger partial charge in [-0.2, -0.15) is 0 Å². The van der Waals surface area contributed by atoms with Gasteiger partial charge in [-0.25, -0.2) is 0 Å². The number of quaternary nitrogens is 1. The van der Waals surface area contributed by atoms with E-state index in [1.807, 2.05) is 51.0 Å². The molecule has 7 heteroatoms. The molecule has 0 aliphatic rings. The summed E-state index contributed by atoms with van der Waals surface area (Å²) in [5, 5.41) is 2.94. The van der Waals surface area contributed by atoms with E-state index in [4.69, 9.17) is 4.42 Å². The topological polar surface area (TPSA) is 70.2 Å². The van der Waals surface area contributed by atoms with Crippen LogP contribution in [0.3, 0.4) is 0 Å². The van der Waals surface area contributed by atoms with Gasteiger partial charge in [0.1, 0.15) is 0 Å². The summed E-state index contributed by atoms with van der Waals surface area (Å²) in [5.74, 6) is 0.0485. The number of nitrogens with zero attached hydrogens (tertiary/aromatic N) is 2. The van der Waals surface area contributed by atoms with Gasteiger partial charge in [-0.15, -0.1) is 0 Å². The zero-order valence-corrected chi connectivity index (χ0v) is 18.3. The zero-order chi connectivity index (χ0) is 21.6. The standard InChI is InChI=1S/C22H32N4O3/c1-16(2)21(27)23-18-9-10-19(25(5)6)17(14-18)15-26(12-11-24(3)4)22(28)20-8-7-13-29-20/h7-10,13-14,16H,11-12,15H2,1-6H3,(H,23,27)/p+1. The second-order valence-electron chi connectivity index (χ2n) is 8.04. The fourth-order valence-corrected chi connectivity index (χ4v) is 2.89. The van der Waals surface area contributed by atoms with Gasteiger partial charge in [-0.05, 0) is 35.9 Å². The molecule has 2 N–H and O–H groups in total. The average Bonchev–Trinajstić information content (AvgIpc) is 3.18. The van der Waals surface area contributed by atoms with Gasteiger partial charge in [0.05, 0.1) is 33.4 Å². The van der Waals surface area contributed by atoms with E-state index in [1.165, 1.54) is 11.2 Å². The number of benzene rings is 1. The number of hydrogen-bond donors (Lipinski definition) is 2. The Kier molecular flexibility index (Phi) is 7.84. The molecule has 0 aliphatic carbocycles. The van der Waals surface area contributed by atoms with Crippen molar-refractivity contribution in [3.63, 3.8) is 0 Å². The fourth-order valence-electron chi connectivity index (χ4n) is 2.89. The minimum atomic E-state index is -0.141. The Bertz CT molecular complexity index is 813. The average molecular weight is 402 g/mol. The molecule has 1 aromatic carbocycles. The largest absolute Gasteiger partial charge is 0.459 e. The molecule has 0 bridgehead atoms. The number of rotatable bonds is 9. The van der Waals surface area contributed by atoms with Crippen LogP contribution in [0.15, 0.2) is 41.0 Å². The van der Waals surface area contributed by atoms with Crippen molar-refractivity contribution < 1.29 is 18.9 Å². The van der Waals surface area contributed by atoms with Crippen LogP contribution in [0.1, 0.15) is 30.0 Å². The predicted octanol–water partition coefficient (Wildman–Crippen LogP) is 1.73. The highest BCUT2D eigenvalue weighted by molar-refractivity contribution is 5.93. The maximum absolute atomic E-state index is 13.0. The lowest BCUT2D eigenvalue weighted by molar-refractivity contribution is -0.857. The summed E-state index contributed by atoms with van der Waals surface area (Å²) in [6.07, 6.45) is 1.51. The molecular weight excluding hydrogens is 368 g/mol. The molecule has 0 saturated heterocycles. The number of carbonyl (C=O) groups excluding carboxylic acids is 2. The lowest BCUT2D eigenvalue weighted by atomic mass is 10.1. The molecule has 2 aromatic rings. The van der Waals surface area contributed by atoms with Gasteiger partial charge < -0.3 is 24.4 Å². The summed E-state index contributed by atoms with van der Waals surface area (Å²) in [6, 6.07) is 9.21.